The molecule has 2 saturated heterocycles. The average molecular weight is 466 g/mol. The quantitative estimate of drug-likeness (QED) is 0.507. The summed E-state index contributed by atoms with van der Waals surface area (Å²) >= 11 is 0. The van der Waals surface area contributed by atoms with E-state index in [4.69, 9.17) is 9.47 Å². The number of hydrogen-bond acceptors (Lipinski definition) is 4. The molecule has 2 aliphatic heterocycles. The van der Waals surface area contributed by atoms with Gasteiger partial charge in [0.1, 0.15) is 26.2 Å². The molecular formula is C27H35N3O4+2. The molecule has 0 unspecified atom stereocenters. The minimum absolute atomic E-state index is 0.0205. The molecule has 34 heavy (non-hydrogen) atoms. The van der Waals surface area contributed by atoms with E-state index in [1.54, 1.807) is 14.2 Å². The zero-order chi connectivity index (χ0) is 23.9. The fraction of sp³-hybridized carbons (Fsp3) is 0.407. The van der Waals surface area contributed by atoms with Crippen LogP contribution in [0.15, 0.2) is 54.6 Å². The molecule has 1 atom stereocenters. The predicted molar refractivity (Wildman–Crippen MR) is 130 cm³/mol. The van der Waals surface area contributed by atoms with Crippen molar-refractivity contribution in [1.82, 2.24) is 4.90 Å². The number of imide groups is 1. The number of carbonyl (C=O) groups excluding carboxylic acids is 2. The summed E-state index contributed by atoms with van der Waals surface area (Å²) in [6.07, 6.45) is 5.33. The smallest absolute Gasteiger partial charge is 0.288 e. The summed E-state index contributed by atoms with van der Waals surface area (Å²) in [6.45, 7) is 5.25. The van der Waals surface area contributed by atoms with E-state index in [0.717, 1.165) is 38.3 Å². The summed E-state index contributed by atoms with van der Waals surface area (Å²) in [4.78, 5) is 30.0. The van der Waals surface area contributed by atoms with E-state index in [2.05, 4.69) is 24.3 Å². The Hall–Kier alpha value is -3.16. The van der Waals surface area contributed by atoms with Crippen LogP contribution < -0.4 is 19.3 Å². The van der Waals surface area contributed by atoms with Gasteiger partial charge in [-0.1, -0.05) is 42.5 Å². The van der Waals surface area contributed by atoms with Crippen molar-refractivity contribution in [3.63, 3.8) is 0 Å². The SMILES string of the molecule is COc1ccc(CCN2C(=O)C[C@@H]([NH+]3CC[NH+](C/C=C/c4ccccc4)CC3)C2=O)cc1OC. The van der Waals surface area contributed by atoms with Crippen LogP contribution >= 0.6 is 0 Å². The van der Waals surface area contributed by atoms with Gasteiger partial charge in [-0.2, -0.15) is 0 Å². The van der Waals surface area contributed by atoms with Gasteiger partial charge in [0.05, 0.1) is 27.2 Å². The van der Waals surface area contributed by atoms with Crippen LogP contribution in [0.25, 0.3) is 6.08 Å². The summed E-state index contributed by atoms with van der Waals surface area (Å²) in [5.74, 6) is 1.25. The highest BCUT2D eigenvalue weighted by Gasteiger charge is 2.45. The minimum Gasteiger partial charge on any atom is -0.493 e. The van der Waals surface area contributed by atoms with Crippen LogP contribution in [0, 0.1) is 0 Å². The van der Waals surface area contributed by atoms with Crippen molar-refractivity contribution in [1.29, 1.82) is 0 Å². The molecule has 2 heterocycles. The van der Waals surface area contributed by atoms with Gasteiger partial charge in [-0.15, -0.1) is 0 Å². The second kappa shape index (κ2) is 11.3. The molecule has 2 fully saturated rings. The third kappa shape index (κ3) is 5.66. The molecule has 2 aromatic carbocycles. The van der Waals surface area contributed by atoms with E-state index in [1.165, 1.54) is 20.3 Å². The van der Waals surface area contributed by atoms with E-state index in [-0.39, 0.29) is 17.9 Å². The van der Waals surface area contributed by atoms with E-state index in [9.17, 15) is 9.59 Å². The topological polar surface area (TPSA) is 64.7 Å². The molecule has 2 aliphatic rings. The number of ether oxygens (including phenoxy) is 2. The van der Waals surface area contributed by atoms with Gasteiger partial charge < -0.3 is 19.3 Å². The van der Waals surface area contributed by atoms with Crippen molar-refractivity contribution in [2.45, 2.75) is 18.9 Å². The van der Waals surface area contributed by atoms with Crippen LogP contribution in [-0.2, 0) is 16.0 Å². The molecule has 7 heteroatoms. The highest BCUT2D eigenvalue weighted by molar-refractivity contribution is 6.04. The zero-order valence-electron chi connectivity index (χ0n) is 20.1. The van der Waals surface area contributed by atoms with Gasteiger partial charge in [0.15, 0.2) is 17.5 Å². The Morgan fingerprint density at radius 3 is 2.41 bits per heavy atom. The molecule has 0 spiro atoms. The first kappa shape index (κ1) is 24.0. The lowest BCUT2D eigenvalue weighted by Crippen LogP contribution is -3.30. The molecular weight excluding hydrogens is 430 g/mol. The van der Waals surface area contributed by atoms with Crippen LogP contribution in [0.2, 0.25) is 0 Å². The number of carbonyl (C=O) groups is 2. The maximum atomic E-state index is 13.1. The number of quaternary nitrogens is 2. The standard InChI is InChI=1S/C27H33N3O4/c1-33-24-11-10-22(19-25(24)34-2)12-14-30-26(31)20-23(27(30)32)29-17-15-28(16-18-29)13-6-9-21-7-4-3-5-8-21/h3-11,19,23H,12-18,20H2,1-2H3/p+2/b9-6+/t23-/m1/s1. The number of hydrogen-bond donors (Lipinski definition) is 2. The lowest BCUT2D eigenvalue weighted by atomic mass is 10.1. The van der Waals surface area contributed by atoms with Crippen molar-refractivity contribution in [3.8, 4) is 11.5 Å². The number of nitrogens with one attached hydrogen (secondary N) is 2. The number of piperazine rings is 1. The van der Waals surface area contributed by atoms with Gasteiger partial charge in [-0.05, 0) is 35.8 Å². The molecule has 7 nitrogen and oxygen atoms in total. The molecule has 2 aromatic rings. The zero-order valence-corrected chi connectivity index (χ0v) is 20.1. The summed E-state index contributed by atoms with van der Waals surface area (Å²) in [5, 5.41) is 0. The fourth-order valence-corrected chi connectivity index (χ4v) is 4.92. The van der Waals surface area contributed by atoms with Crippen LogP contribution in [-0.4, -0.2) is 76.2 Å². The van der Waals surface area contributed by atoms with Crippen molar-refractivity contribution >= 4 is 17.9 Å². The lowest BCUT2D eigenvalue weighted by Gasteiger charge is -2.31. The van der Waals surface area contributed by atoms with E-state index in [1.807, 2.05) is 36.4 Å². The third-order valence-electron chi connectivity index (χ3n) is 6.92. The van der Waals surface area contributed by atoms with Gasteiger partial charge in [0.25, 0.3) is 5.91 Å². The molecule has 180 valence electrons. The number of rotatable bonds is 9. The Bertz CT molecular complexity index is 1020. The van der Waals surface area contributed by atoms with Crippen molar-refractivity contribution < 1.29 is 28.9 Å². The Labute approximate surface area is 201 Å². The highest BCUT2D eigenvalue weighted by atomic mass is 16.5. The average Bonchev–Trinajstić information content (AvgIpc) is 3.16. The number of benzene rings is 2. The van der Waals surface area contributed by atoms with Gasteiger partial charge in [0.2, 0.25) is 5.91 Å². The Morgan fingerprint density at radius 2 is 1.71 bits per heavy atom. The van der Waals surface area contributed by atoms with Crippen LogP contribution in [0.3, 0.4) is 0 Å². The number of likely N-dealkylation sites (tertiary alicyclic amines) is 1. The number of methoxy groups -OCH3 is 2. The Morgan fingerprint density at radius 1 is 0.971 bits per heavy atom. The van der Waals surface area contributed by atoms with Gasteiger partial charge in [0, 0.05) is 6.54 Å². The molecule has 2 amide bonds. The van der Waals surface area contributed by atoms with Gasteiger partial charge in [-0.25, -0.2) is 0 Å². The number of amides is 2. The van der Waals surface area contributed by atoms with Crippen molar-refractivity contribution in [3.05, 3.63) is 65.7 Å². The fourth-order valence-electron chi connectivity index (χ4n) is 4.92. The maximum Gasteiger partial charge on any atom is 0.288 e. The lowest BCUT2D eigenvalue weighted by molar-refractivity contribution is -1.02. The Balaban J connectivity index is 1.26. The first-order chi connectivity index (χ1) is 16.6. The van der Waals surface area contributed by atoms with E-state index < -0.39 is 0 Å². The summed E-state index contributed by atoms with van der Waals surface area (Å²) in [7, 11) is 3.20. The monoisotopic (exact) mass is 465 g/mol. The number of nitrogens with zero attached hydrogens (tertiary/aromatic N) is 1. The molecule has 0 radical (unpaired) electrons. The van der Waals surface area contributed by atoms with Gasteiger partial charge >= 0.3 is 0 Å². The second-order valence-corrected chi connectivity index (χ2v) is 9.01. The Kier molecular flexibility index (Phi) is 7.98. The molecule has 0 bridgehead atoms. The van der Waals surface area contributed by atoms with Crippen LogP contribution in [0.1, 0.15) is 17.5 Å². The van der Waals surface area contributed by atoms with E-state index in [0.29, 0.717) is 30.9 Å². The molecule has 4 rings (SSSR count). The minimum atomic E-state index is -0.237. The van der Waals surface area contributed by atoms with Crippen molar-refractivity contribution in [2.75, 3.05) is 53.5 Å². The summed E-state index contributed by atoms with van der Waals surface area (Å²) < 4.78 is 10.6. The predicted octanol–water partition coefficient (Wildman–Crippen LogP) is -0.129. The molecule has 2 N–H and O–H groups in total. The van der Waals surface area contributed by atoms with Crippen molar-refractivity contribution in [2.24, 2.45) is 0 Å². The highest BCUT2D eigenvalue weighted by Crippen LogP contribution is 2.28. The molecule has 0 saturated carbocycles. The first-order valence-electron chi connectivity index (χ1n) is 12.0. The van der Waals surface area contributed by atoms with Gasteiger partial charge in [-0.3, -0.25) is 14.5 Å². The first-order valence-corrected chi connectivity index (χ1v) is 12.0. The molecule has 0 aliphatic carbocycles. The van der Waals surface area contributed by atoms with E-state index >= 15 is 0 Å². The largest absolute Gasteiger partial charge is 0.493 e. The molecule has 0 aromatic heterocycles. The normalized spacial score (nSPS) is 23.0. The van der Waals surface area contributed by atoms with Crippen LogP contribution in [0.5, 0.6) is 11.5 Å². The summed E-state index contributed by atoms with van der Waals surface area (Å²) in [6, 6.07) is 15.8. The summed E-state index contributed by atoms with van der Waals surface area (Å²) in [5.41, 5.74) is 2.23. The van der Waals surface area contributed by atoms with Crippen LogP contribution in [0.4, 0.5) is 0 Å². The maximum absolute atomic E-state index is 13.1. The third-order valence-corrected chi connectivity index (χ3v) is 6.92. The second-order valence-electron chi connectivity index (χ2n) is 9.01.